The van der Waals surface area contributed by atoms with Crippen LogP contribution >= 0.6 is 0 Å². The van der Waals surface area contributed by atoms with Crippen LogP contribution in [0.15, 0.2) is 12.4 Å². The van der Waals surface area contributed by atoms with Gasteiger partial charge in [-0.15, -0.1) is 0 Å². The van der Waals surface area contributed by atoms with Gasteiger partial charge in [-0.3, -0.25) is 9.69 Å². The predicted octanol–water partition coefficient (Wildman–Crippen LogP) is 1.34. The Balaban J connectivity index is 1.76. The largest absolute Gasteiger partial charge is 0.481 e. The van der Waals surface area contributed by atoms with Crippen LogP contribution in [0.1, 0.15) is 31.5 Å². The summed E-state index contributed by atoms with van der Waals surface area (Å²) in [7, 11) is 0. The number of rotatable bonds is 2. The summed E-state index contributed by atoms with van der Waals surface area (Å²) in [4.78, 5) is 18.0. The number of carbonyl (C=O) groups is 1. The Morgan fingerprint density at radius 2 is 2.17 bits per heavy atom. The van der Waals surface area contributed by atoms with E-state index in [0.717, 1.165) is 51.1 Å². The molecule has 0 amide bonds. The highest BCUT2D eigenvalue weighted by atomic mass is 16.4. The van der Waals surface area contributed by atoms with Crippen molar-refractivity contribution < 1.29 is 9.90 Å². The standard InChI is InChI=1S/C13H19N3O2/c17-13(18)10-3-1-2-4-11(10)16-8-7-15-6-5-14-12(15)9-16/h5-6,10-11H,1-4,7-9H2,(H,17,18). The molecule has 18 heavy (non-hydrogen) atoms. The summed E-state index contributed by atoms with van der Waals surface area (Å²) in [5.74, 6) is 0.241. The highest BCUT2D eigenvalue weighted by Crippen LogP contribution is 2.30. The molecule has 2 heterocycles. The Hall–Kier alpha value is -1.36. The first kappa shape index (κ1) is 11.7. The Morgan fingerprint density at radius 3 is 3.00 bits per heavy atom. The van der Waals surface area contributed by atoms with Crippen molar-refractivity contribution >= 4 is 5.97 Å². The average molecular weight is 249 g/mol. The third kappa shape index (κ3) is 2.03. The molecule has 1 N–H and O–H groups in total. The topological polar surface area (TPSA) is 58.4 Å². The van der Waals surface area contributed by atoms with E-state index in [4.69, 9.17) is 0 Å². The summed E-state index contributed by atoms with van der Waals surface area (Å²) in [6, 6.07) is 0.196. The summed E-state index contributed by atoms with van der Waals surface area (Å²) < 4.78 is 2.16. The van der Waals surface area contributed by atoms with E-state index in [1.54, 1.807) is 0 Å². The van der Waals surface area contributed by atoms with Gasteiger partial charge in [0.1, 0.15) is 5.82 Å². The lowest BCUT2D eigenvalue weighted by atomic mass is 9.83. The van der Waals surface area contributed by atoms with Crippen molar-refractivity contribution in [3.05, 3.63) is 18.2 Å². The first-order valence-corrected chi connectivity index (χ1v) is 6.72. The monoisotopic (exact) mass is 249 g/mol. The highest BCUT2D eigenvalue weighted by molar-refractivity contribution is 5.71. The van der Waals surface area contributed by atoms with Gasteiger partial charge in [0.15, 0.2) is 0 Å². The molecule has 98 valence electrons. The van der Waals surface area contributed by atoms with Gasteiger partial charge in [-0.1, -0.05) is 12.8 Å². The van der Waals surface area contributed by atoms with Crippen LogP contribution in [0.25, 0.3) is 0 Å². The second-order valence-corrected chi connectivity index (χ2v) is 5.30. The Kier molecular flexibility index (Phi) is 3.07. The highest BCUT2D eigenvalue weighted by Gasteiger charge is 2.36. The zero-order chi connectivity index (χ0) is 12.5. The number of nitrogens with zero attached hydrogens (tertiary/aromatic N) is 3. The fourth-order valence-corrected chi connectivity index (χ4v) is 3.31. The third-order valence-corrected chi connectivity index (χ3v) is 4.29. The summed E-state index contributed by atoms with van der Waals surface area (Å²) in [5.41, 5.74) is 0. The molecule has 0 bridgehead atoms. The lowest BCUT2D eigenvalue weighted by molar-refractivity contribution is -0.146. The maximum Gasteiger partial charge on any atom is 0.308 e. The van der Waals surface area contributed by atoms with Crippen molar-refractivity contribution in [3.63, 3.8) is 0 Å². The molecule has 5 nitrogen and oxygen atoms in total. The number of hydrogen-bond acceptors (Lipinski definition) is 3. The summed E-state index contributed by atoms with van der Waals surface area (Å²) in [6.07, 6.45) is 7.87. The van der Waals surface area contributed by atoms with Crippen LogP contribution in [0, 0.1) is 5.92 Å². The molecule has 0 spiro atoms. The van der Waals surface area contributed by atoms with E-state index in [1.165, 1.54) is 0 Å². The molecule has 1 aliphatic carbocycles. The van der Waals surface area contributed by atoms with E-state index in [1.807, 2.05) is 12.4 Å². The van der Waals surface area contributed by atoms with Gasteiger partial charge in [0, 0.05) is 31.5 Å². The number of carboxylic acid groups (broad SMARTS) is 1. The van der Waals surface area contributed by atoms with Gasteiger partial charge in [-0.2, -0.15) is 0 Å². The molecule has 0 aromatic carbocycles. The number of aliphatic carboxylic acids is 1. The first-order valence-electron chi connectivity index (χ1n) is 6.72. The fourth-order valence-electron chi connectivity index (χ4n) is 3.31. The molecule has 0 radical (unpaired) electrons. The molecule has 2 aliphatic rings. The van der Waals surface area contributed by atoms with Crippen LogP contribution in [0.3, 0.4) is 0 Å². The molecule has 1 fully saturated rings. The molecule has 2 unspecified atom stereocenters. The Morgan fingerprint density at radius 1 is 1.33 bits per heavy atom. The molecule has 1 aromatic heterocycles. The summed E-state index contributed by atoms with van der Waals surface area (Å²) >= 11 is 0. The van der Waals surface area contributed by atoms with E-state index in [0.29, 0.717) is 0 Å². The Labute approximate surface area is 106 Å². The van der Waals surface area contributed by atoms with Crippen LogP contribution in [0.5, 0.6) is 0 Å². The minimum absolute atomic E-state index is 0.194. The number of fused-ring (bicyclic) bond motifs is 1. The zero-order valence-electron chi connectivity index (χ0n) is 10.5. The quantitative estimate of drug-likeness (QED) is 0.859. The van der Waals surface area contributed by atoms with E-state index in [-0.39, 0.29) is 12.0 Å². The number of aromatic nitrogens is 2. The van der Waals surface area contributed by atoms with Crippen LogP contribution in [-0.4, -0.2) is 38.1 Å². The summed E-state index contributed by atoms with van der Waals surface area (Å²) in [5, 5.41) is 9.35. The van der Waals surface area contributed by atoms with Gasteiger partial charge >= 0.3 is 5.97 Å². The normalized spacial score (nSPS) is 28.9. The van der Waals surface area contributed by atoms with Gasteiger partial charge in [0.2, 0.25) is 0 Å². The molecule has 0 saturated heterocycles. The van der Waals surface area contributed by atoms with Gasteiger partial charge in [-0.25, -0.2) is 4.98 Å². The van der Waals surface area contributed by atoms with E-state index >= 15 is 0 Å². The molecule has 1 aromatic rings. The van der Waals surface area contributed by atoms with E-state index < -0.39 is 5.97 Å². The second kappa shape index (κ2) is 4.72. The van der Waals surface area contributed by atoms with E-state index in [9.17, 15) is 9.90 Å². The van der Waals surface area contributed by atoms with E-state index in [2.05, 4.69) is 14.5 Å². The van der Waals surface area contributed by atoms with Crippen molar-refractivity contribution in [2.45, 2.75) is 44.8 Å². The summed E-state index contributed by atoms with van der Waals surface area (Å²) in [6.45, 7) is 2.66. The van der Waals surface area contributed by atoms with Crippen LogP contribution in [-0.2, 0) is 17.9 Å². The molecular weight excluding hydrogens is 230 g/mol. The van der Waals surface area contributed by atoms with Crippen molar-refractivity contribution in [2.24, 2.45) is 5.92 Å². The van der Waals surface area contributed by atoms with Crippen molar-refractivity contribution in [3.8, 4) is 0 Å². The van der Waals surface area contributed by atoms with Gasteiger partial charge in [-0.05, 0) is 12.8 Å². The SMILES string of the molecule is O=C(O)C1CCCCC1N1CCn2ccnc2C1. The van der Waals surface area contributed by atoms with Gasteiger partial charge in [0.25, 0.3) is 0 Å². The average Bonchev–Trinajstić information content (AvgIpc) is 2.85. The van der Waals surface area contributed by atoms with Crippen LogP contribution in [0.4, 0.5) is 0 Å². The Bertz CT molecular complexity index is 443. The van der Waals surface area contributed by atoms with Crippen LogP contribution < -0.4 is 0 Å². The molecule has 5 heteroatoms. The van der Waals surface area contributed by atoms with Crippen LogP contribution in [0.2, 0.25) is 0 Å². The molecule has 1 saturated carbocycles. The fraction of sp³-hybridized carbons (Fsp3) is 0.692. The zero-order valence-corrected chi connectivity index (χ0v) is 10.5. The molecule has 2 atom stereocenters. The lowest BCUT2D eigenvalue weighted by Crippen LogP contribution is -2.48. The van der Waals surface area contributed by atoms with Gasteiger partial charge in [0.05, 0.1) is 12.5 Å². The minimum Gasteiger partial charge on any atom is -0.481 e. The maximum atomic E-state index is 11.4. The smallest absolute Gasteiger partial charge is 0.308 e. The molecule has 1 aliphatic heterocycles. The number of hydrogen-bond donors (Lipinski definition) is 1. The predicted molar refractivity (Wildman–Crippen MR) is 66.0 cm³/mol. The third-order valence-electron chi connectivity index (χ3n) is 4.29. The maximum absolute atomic E-state index is 11.4. The molecular formula is C13H19N3O2. The second-order valence-electron chi connectivity index (χ2n) is 5.30. The lowest BCUT2D eigenvalue weighted by Gasteiger charge is -2.40. The van der Waals surface area contributed by atoms with Crippen molar-refractivity contribution in [2.75, 3.05) is 6.54 Å². The number of carboxylic acids is 1. The van der Waals surface area contributed by atoms with Gasteiger partial charge < -0.3 is 9.67 Å². The van der Waals surface area contributed by atoms with Crippen molar-refractivity contribution in [1.29, 1.82) is 0 Å². The molecule has 3 rings (SSSR count). The minimum atomic E-state index is -0.631. The van der Waals surface area contributed by atoms with Crippen molar-refractivity contribution in [1.82, 2.24) is 14.5 Å². The number of imidazole rings is 1. The first-order chi connectivity index (χ1) is 8.75.